The van der Waals surface area contributed by atoms with Gasteiger partial charge in [0.1, 0.15) is 0 Å². The number of ether oxygens (including phenoxy) is 1. The van der Waals surface area contributed by atoms with Crippen molar-refractivity contribution < 1.29 is 4.74 Å². The lowest BCUT2D eigenvalue weighted by molar-refractivity contribution is 0.292. The van der Waals surface area contributed by atoms with Gasteiger partial charge < -0.3 is 15.0 Å². The minimum atomic E-state index is 0.413. The van der Waals surface area contributed by atoms with Gasteiger partial charge >= 0.3 is 6.01 Å². The van der Waals surface area contributed by atoms with Crippen LogP contribution in [0.1, 0.15) is 40.0 Å². The number of rotatable bonds is 9. The lowest BCUT2D eigenvalue weighted by atomic mass is 10.3. The highest BCUT2D eigenvalue weighted by molar-refractivity contribution is 5.38. The first-order valence-electron chi connectivity index (χ1n) is 7.97. The summed E-state index contributed by atoms with van der Waals surface area (Å²) in [4.78, 5) is 15.3. The topological polar surface area (TPSA) is 63.2 Å². The van der Waals surface area contributed by atoms with Crippen molar-refractivity contribution in [3.05, 3.63) is 0 Å². The maximum atomic E-state index is 5.58. The van der Waals surface area contributed by atoms with Crippen LogP contribution < -0.4 is 15.0 Å². The van der Waals surface area contributed by atoms with Crippen LogP contribution in [0.4, 0.5) is 11.9 Å². The summed E-state index contributed by atoms with van der Waals surface area (Å²) in [7, 11) is 2.04. The summed E-state index contributed by atoms with van der Waals surface area (Å²) in [6.07, 6.45) is 3.27. The van der Waals surface area contributed by atoms with Gasteiger partial charge in [-0.1, -0.05) is 20.8 Å². The second-order valence-electron chi connectivity index (χ2n) is 5.87. The summed E-state index contributed by atoms with van der Waals surface area (Å²) < 4.78 is 5.58. The van der Waals surface area contributed by atoms with Gasteiger partial charge in [-0.05, 0) is 31.1 Å². The molecule has 1 aromatic rings. The highest BCUT2D eigenvalue weighted by Crippen LogP contribution is 2.38. The molecule has 2 rings (SSSR count). The third kappa shape index (κ3) is 4.72. The molecule has 6 nitrogen and oxygen atoms in total. The van der Waals surface area contributed by atoms with E-state index < -0.39 is 0 Å². The van der Waals surface area contributed by atoms with E-state index in [0.29, 0.717) is 24.5 Å². The zero-order valence-corrected chi connectivity index (χ0v) is 13.6. The van der Waals surface area contributed by atoms with Gasteiger partial charge in [-0.15, -0.1) is 0 Å². The van der Waals surface area contributed by atoms with Crippen LogP contribution in [0, 0.1) is 11.8 Å². The lowest BCUT2D eigenvalue weighted by Crippen LogP contribution is -2.24. The standard InChI is InChI=1S/C15H27N5O/c1-5-7-16-13-17-14(19-15(18-13)21-8-6-2)20(4)10-12-9-11(12)3/h11-12H,5-10H2,1-4H3,(H,16,17,18,19). The number of nitrogens with one attached hydrogen (secondary N) is 1. The average molecular weight is 293 g/mol. The van der Waals surface area contributed by atoms with Crippen molar-refractivity contribution in [2.75, 3.05) is 37.0 Å². The van der Waals surface area contributed by atoms with E-state index in [2.05, 4.69) is 45.9 Å². The van der Waals surface area contributed by atoms with Crippen LogP contribution in [-0.4, -0.2) is 41.7 Å². The van der Waals surface area contributed by atoms with Crippen LogP contribution in [0.15, 0.2) is 0 Å². The molecule has 21 heavy (non-hydrogen) atoms. The van der Waals surface area contributed by atoms with Gasteiger partial charge in [-0.3, -0.25) is 0 Å². The molecule has 1 aliphatic rings. The monoisotopic (exact) mass is 293 g/mol. The molecule has 0 saturated heterocycles. The quantitative estimate of drug-likeness (QED) is 0.755. The van der Waals surface area contributed by atoms with Gasteiger partial charge in [-0.25, -0.2) is 0 Å². The van der Waals surface area contributed by atoms with E-state index in [1.165, 1.54) is 6.42 Å². The molecular weight excluding hydrogens is 266 g/mol. The Balaban J connectivity index is 2.08. The minimum absolute atomic E-state index is 0.413. The fourth-order valence-electron chi connectivity index (χ4n) is 2.18. The summed E-state index contributed by atoms with van der Waals surface area (Å²) in [5, 5.41) is 3.22. The Bertz CT molecular complexity index is 427. The highest BCUT2D eigenvalue weighted by atomic mass is 16.5. The molecule has 0 bridgehead atoms. The number of aromatic nitrogens is 3. The number of anilines is 2. The van der Waals surface area contributed by atoms with Gasteiger partial charge in [0.05, 0.1) is 6.61 Å². The number of nitrogens with zero attached hydrogens (tertiary/aromatic N) is 4. The van der Waals surface area contributed by atoms with Crippen LogP contribution in [0.25, 0.3) is 0 Å². The molecule has 6 heteroatoms. The van der Waals surface area contributed by atoms with Gasteiger partial charge in [0.15, 0.2) is 0 Å². The predicted octanol–water partition coefficient (Wildman–Crippen LogP) is 2.57. The molecule has 1 aliphatic carbocycles. The molecule has 118 valence electrons. The van der Waals surface area contributed by atoms with Crippen LogP contribution in [0.5, 0.6) is 6.01 Å². The van der Waals surface area contributed by atoms with E-state index in [1.807, 2.05) is 7.05 Å². The zero-order valence-electron chi connectivity index (χ0n) is 13.6. The Morgan fingerprint density at radius 1 is 1.24 bits per heavy atom. The van der Waals surface area contributed by atoms with E-state index in [1.54, 1.807) is 0 Å². The zero-order chi connectivity index (χ0) is 15.2. The molecule has 2 atom stereocenters. The first-order valence-corrected chi connectivity index (χ1v) is 7.97. The van der Waals surface area contributed by atoms with Crippen LogP contribution >= 0.6 is 0 Å². The maximum Gasteiger partial charge on any atom is 0.323 e. The van der Waals surface area contributed by atoms with E-state index in [0.717, 1.165) is 37.8 Å². The Morgan fingerprint density at radius 3 is 2.62 bits per heavy atom. The smallest absolute Gasteiger partial charge is 0.323 e. The Morgan fingerprint density at radius 2 is 2.00 bits per heavy atom. The fourth-order valence-corrected chi connectivity index (χ4v) is 2.18. The van der Waals surface area contributed by atoms with Gasteiger partial charge in [0.2, 0.25) is 11.9 Å². The van der Waals surface area contributed by atoms with Gasteiger partial charge in [0, 0.05) is 20.1 Å². The van der Waals surface area contributed by atoms with Crippen molar-refractivity contribution >= 4 is 11.9 Å². The molecule has 1 heterocycles. The summed E-state index contributed by atoms with van der Waals surface area (Å²) >= 11 is 0. The summed E-state index contributed by atoms with van der Waals surface area (Å²) in [6.45, 7) is 8.94. The van der Waals surface area contributed by atoms with E-state index >= 15 is 0 Å². The average Bonchev–Trinajstić information content (AvgIpc) is 3.17. The molecule has 0 aliphatic heterocycles. The maximum absolute atomic E-state index is 5.58. The van der Waals surface area contributed by atoms with Crippen molar-refractivity contribution in [2.24, 2.45) is 11.8 Å². The molecule has 0 radical (unpaired) electrons. The first kappa shape index (κ1) is 15.8. The van der Waals surface area contributed by atoms with Crippen molar-refractivity contribution in [3.8, 4) is 6.01 Å². The van der Waals surface area contributed by atoms with Crippen molar-refractivity contribution in [1.29, 1.82) is 0 Å². The van der Waals surface area contributed by atoms with Crippen LogP contribution in [0.3, 0.4) is 0 Å². The molecule has 2 unspecified atom stereocenters. The van der Waals surface area contributed by atoms with Crippen molar-refractivity contribution in [3.63, 3.8) is 0 Å². The van der Waals surface area contributed by atoms with Gasteiger partial charge in [0.25, 0.3) is 0 Å². The van der Waals surface area contributed by atoms with E-state index in [-0.39, 0.29) is 0 Å². The predicted molar refractivity (Wildman–Crippen MR) is 84.9 cm³/mol. The SMILES string of the molecule is CCCNc1nc(OCCC)nc(N(C)CC2CC2C)n1. The summed E-state index contributed by atoms with van der Waals surface area (Å²) in [5.74, 6) is 2.87. The second kappa shape index (κ2) is 7.43. The largest absolute Gasteiger partial charge is 0.463 e. The molecule has 0 aromatic carbocycles. The second-order valence-corrected chi connectivity index (χ2v) is 5.87. The van der Waals surface area contributed by atoms with Crippen LogP contribution in [-0.2, 0) is 0 Å². The van der Waals surface area contributed by atoms with Gasteiger partial charge in [-0.2, -0.15) is 15.0 Å². The molecule has 1 aromatic heterocycles. The third-order valence-corrected chi connectivity index (χ3v) is 3.70. The Labute approximate surface area is 127 Å². The molecule has 1 fully saturated rings. The Hall–Kier alpha value is -1.59. The fraction of sp³-hybridized carbons (Fsp3) is 0.800. The van der Waals surface area contributed by atoms with E-state index in [9.17, 15) is 0 Å². The normalized spacial score (nSPS) is 20.2. The summed E-state index contributed by atoms with van der Waals surface area (Å²) in [5.41, 5.74) is 0. The lowest BCUT2D eigenvalue weighted by Gasteiger charge is -2.18. The summed E-state index contributed by atoms with van der Waals surface area (Å²) in [6, 6.07) is 0.413. The number of hydrogen-bond donors (Lipinski definition) is 1. The minimum Gasteiger partial charge on any atom is -0.463 e. The first-order chi connectivity index (χ1) is 10.1. The molecule has 1 N–H and O–H groups in total. The van der Waals surface area contributed by atoms with E-state index in [4.69, 9.17) is 4.74 Å². The molecule has 0 amide bonds. The third-order valence-electron chi connectivity index (χ3n) is 3.70. The number of hydrogen-bond acceptors (Lipinski definition) is 6. The van der Waals surface area contributed by atoms with Crippen molar-refractivity contribution in [1.82, 2.24) is 15.0 Å². The van der Waals surface area contributed by atoms with Crippen LogP contribution in [0.2, 0.25) is 0 Å². The highest BCUT2D eigenvalue weighted by Gasteiger charge is 2.33. The molecular formula is C15H27N5O. The molecule has 1 saturated carbocycles. The Kier molecular flexibility index (Phi) is 5.59. The molecule has 0 spiro atoms. The van der Waals surface area contributed by atoms with Crippen molar-refractivity contribution in [2.45, 2.75) is 40.0 Å².